The molecule has 98 valence electrons. The first-order valence-electron chi connectivity index (χ1n) is 6.11. The molecule has 0 bridgehead atoms. The van der Waals surface area contributed by atoms with Gasteiger partial charge in [0, 0.05) is 25.4 Å². The number of aromatic nitrogens is 2. The fourth-order valence-corrected chi connectivity index (χ4v) is 2.81. The van der Waals surface area contributed by atoms with Gasteiger partial charge in [-0.3, -0.25) is 9.59 Å². The molecular formula is C12H17N3O2S. The van der Waals surface area contributed by atoms with E-state index in [0.717, 1.165) is 19.5 Å². The average Bonchev–Trinajstić information content (AvgIpc) is 2.36. The van der Waals surface area contributed by atoms with Crippen molar-refractivity contribution < 1.29 is 4.79 Å². The van der Waals surface area contributed by atoms with Crippen molar-refractivity contribution in [3.05, 3.63) is 22.6 Å². The number of likely N-dealkylation sites (tertiary alicyclic amines) is 1. The summed E-state index contributed by atoms with van der Waals surface area (Å²) in [7, 11) is 0. The van der Waals surface area contributed by atoms with Crippen LogP contribution in [0.3, 0.4) is 0 Å². The minimum Gasteiger partial charge on any atom is -0.342 e. The van der Waals surface area contributed by atoms with E-state index in [4.69, 9.17) is 0 Å². The fourth-order valence-electron chi connectivity index (χ4n) is 2.06. The summed E-state index contributed by atoms with van der Waals surface area (Å²) < 4.78 is 0. The molecule has 0 spiro atoms. The number of nitrogens with one attached hydrogen (secondary N) is 1. The lowest BCUT2D eigenvalue weighted by Gasteiger charge is -2.30. The first kappa shape index (κ1) is 13.1. The van der Waals surface area contributed by atoms with E-state index in [1.54, 1.807) is 0 Å². The van der Waals surface area contributed by atoms with Crippen LogP contribution in [0.1, 0.15) is 19.8 Å². The van der Waals surface area contributed by atoms with E-state index in [2.05, 4.69) is 16.9 Å². The van der Waals surface area contributed by atoms with E-state index in [-0.39, 0.29) is 11.5 Å². The Morgan fingerprint density at radius 1 is 1.67 bits per heavy atom. The summed E-state index contributed by atoms with van der Waals surface area (Å²) in [4.78, 5) is 31.6. The van der Waals surface area contributed by atoms with Gasteiger partial charge in [-0.05, 0) is 18.8 Å². The molecule has 0 saturated carbocycles. The maximum atomic E-state index is 12.0. The zero-order valence-electron chi connectivity index (χ0n) is 10.4. The third-order valence-electron chi connectivity index (χ3n) is 2.99. The minimum atomic E-state index is -0.188. The number of piperidine rings is 1. The second kappa shape index (κ2) is 6.04. The van der Waals surface area contributed by atoms with Gasteiger partial charge in [0.05, 0.1) is 5.75 Å². The van der Waals surface area contributed by atoms with Crippen LogP contribution in [0.15, 0.2) is 22.2 Å². The Labute approximate surface area is 110 Å². The van der Waals surface area contributed by atoms with Gasteiger partial charge in [0.25, 0.3) is 5.56 Å². The summed E-state index contributed by atoms with van der Waals surface area (Å²) in [6.45, 7) is 3.86. The quantitative estimate of drug-likeness (QED) is 0.658. The van der Waals surface area contributed by atoms with Crippen molar-refractivity contribution in [1.29, 1.82) is 0 Å². The maximum absolute atomic E-state index is 12.0. The Balaban J connectivity index is 1.86. The highest BCUT2D eigenvalue weighted by atomic mass is 32.2. The molecule has 0 aliphatic carbocycles. The molecule has 1 aliphatic rings. The molecule has 0 unspecified atom stereocenters. The standard InChI is InChI=1S/C12H17N3O2S/c1-9-3-2-6-15(7-9)11(17)8-18-12-13-5-4-10(16)14-12/h4-5,9H,2-3,6-8H2,1H3,(H,13,14,16)/t9-/m1/s1. The van der Waals surface area contributed by atoms with Crippen molar-refractivity contribution in [3.63, 3.8) is 0 Å². The van der Waals surface area contributed by atoms with Crippen molar-refractivity contribution in [2.75, 3.05) is 18.8 Å². The van der Waals surface area contributed by atoms with E-state index in [0.29, 0.717) is 16.8 Å². The lowest BCUT2D eigenvalue weighted by atomic mass is 10.0. The molecule has 2 heterocycles. The predicted octanol–water partition coefficient (Wildman–Crippen LogP) is 1.12. The first-order valence-corrected chi connectivity index (χ1v) is 7.09. The maximum Gasteiger partial charge on any atom is 0.251 e. The van der Waals surface area contributed by atoms with Gasteiger partial charge in [0.1, 0.15) is 0 Å². The Morgan fingerprint density at radius 2 is 2.50 bits per heavy atom. The van der Waals surface area contributed by atoms with E-state index in [1.165, 1.54) is 30.4 Å². The molecule has 2 rings (SSSR count). The van der Waals surface area contributed by atoms with E-state index in [1.807, 2.05) is 4.90 Å². The smallest absolute Gasteiger partial charge is 0.251 e. The number of amides is 1. The zero-order valence-corrected chi connectivity index (χ0v) is 11.2. The molecule has 0 radical (unpaired) electrons. The number of carbonyl (C=O) groups excluding carboxylic acids is 1. The SMILES string of the molecule is C[C@@H]1CCCN(C(=O)CSc2nccc(=O)[nH]2)C1. The second-order valence-electron chi connectivity index (χ2n) is 4.62. The summed E-state index contributed by atoms with van der Waals surface area (Å²) >= 11 is 1.28. The molecular weight excluding hydrogens is 250 g/mol. The highest BCUT2D eigenvalue weighted by Gasteiger charge is 2.20. The normalized spacial score (nSPS) is 19.8. The van der Waals surface area contributed by atoms with Crippen molar-refractivity contribution >= 4 is 17.7 Å². The number of rotatable bonds is 3. The topological polar surface area (TPSA) is 66.1 Å². The summed E-state index contributed by atoms with van der Waals surface area (Å²) in [5, 5.41) is 0.501. The molecule has 0 aromatic carbocycles. The fraction of sp³-hybridized carbons (Fsp3) is 0.583. The highest BCUT2D eigenvalue weighted by molar-refractivity contribution is 7.99. The van der Waals surface area contributed by atoms with Crippen LogP contribution in [0.25, 0.3) is 0 Å². The number of H-pyrrole nitrogens is 1. The molecule has 18 heavy (non-hydrogen) atoms. The summed E-state index contributed by atoms with van der Waals surface area (Å²) in [5.74, 6) is 1.04. The van der Waals surface area contributed by atoms with Gasteiger partial charge in [-0.15, -0.1) is 0 Å². The Bertz CT molecular complexity index is 474. The van der Waals surface area contributed by atoms with Crippen molar-refractivity contribution in [3.8, 4) is 0 Å². The lowest BCUT2D eigenvalue weighted by molar-refractivity contribution is -0.130. The van der Waals surface area contributed by atoms with Crippen LogP contribution < -0.4 is 5.56 Å². The number of hydrogen-bond acceptors (Lipinski definition) is 4. The Morgan fingerprint density at radius 3 is 3.22 bits per heavy atom. The van der Waals surface area contributed by atoms with Gasteiger partial charge in [-0.25, -0.2) is 4.98 Å². The van der Waals surface area contributed by atoms with Crippen LogP contribution in [-0.4, -0.2) is 39.6 Å². The Kier molecular flexibility index (Phi) is 4.41. The van der Waals surface area contributed by atoms with Gasteiger partial charge >= 0.3 is 0 Å². The summed E-state index contributed by atoms with van der Waals surface area (Å²) in [6, 6.07) is 1.36. The Hall–Kier alpha value is -1.30. The third-order valence-corrected chi connectivity index (χ3v) is 3.86. The lowest BCUT2D eigenvalue weighted by Crippen LogP contribution is -2.40. The molecule has 1 aliphatic heterocycles. The van der Waals surface area contributed by atoms with Gasteiger partial charge in [-0.2, -0.15) is 0 Å². The molecule has 1 aromatic rings. The van der Waals surface area contributed by atoms with Crippen LogP contribution in [-0.2, 0) is 4.79 Å². The number of carbonyl (C=O) groups is 1. The zero-order chi connectivity index (χ0) is 13.0. The highest BCUT2D eigenvalue weighted by Crippen LogP contribution is 2.18. The largest absolute Gasteiger partial charge is 0.342 e. The molecule has 1 fully saturated rings. The van der Waals surface area contributed by atoms with Crippen molar-refractivity contribution in [2.24, 2.45) is 5.92 Å². The molecule has 1 saturated heterocycles. The molecule has 5 nitrogen and oxygen atoms in total. The van der Waals surface area contributed by atoms with Crippen LogP contribution in [0.2, 0.25) is 0 Å². The van der Waals surface area contributed by atoms with Gasteiger partial charge in [-0.1, -0.05) is 18.7 Å². The number of thioether (sulfide) groups is 1. The first-order chi connectivity index (χ1) is 8.65. The molecule has 1 atom stereocenters. The minimum absolute atomic E-state index is 0.123. The van der Waals surface area contributed by atoms with Crippen LogP contribution in [0, 0.1) is 5.92 Å². The van der Waals surface area contributed by atoms with Crippen molar-refractivity contribution in [1.82, 2.24) is 14.9 Å². The molecule has 6 heteroatoms. The third kappa shape index (κ3) is 3.60. The van der Waals surface area contributed by atoms with E-state index < -0.39 is 0 Å². The van der Waals surface area contributed by atoms with E-state index >= 15 is 0 Å². The van der Waals surface area contributed by atoms with Gasteiger partial charge < -0.3 is 9.88 Å². The predicted molar refractivity (Wildman–Crippen MR) is 70.6 cm³/mol. The van der Waals surface area contributed by atoms with Crippen LogP contribution in [0.4, 0.5) is 0 Å². The summed E-state index contributed by atoms with van der Waals surface area (Å²) in [6.07, 6.45) is 3.73. The van der Waals surface area contributed by atoms with Gasteiger partial charge in [0.15, 0.2) is 5.16 Å². The van der Waals surface area contributed by atoms with E-state index in [9.17, 15) is 9.59 Å². The molecule has 1 amide bonds. The molecule has 1 aromatic heterocycles. The van der Waals surface area contributed by atoms with Crippen molar-refractivity contribution in [2.45, 2.75) is 24.9 Å². The number of nitrogens with zero attached hydrogens (tertiary/aromatic N) is 2. The average molecular weight is 267 g/mol. The molecule has 1 N–H and O–H groups in total. The van der Waals surface area contributed by atoms with Crippen LogP contribution >= 0.6 is 11.8 Å². The monoisotopic (exact) mass is 267 g/mol. The number of hydrogen-bond donors (Lipinski definition) is 1. The summed E-state index contributed by atoms with van der Waals surface area (Å²) in [5.41, 5.74) is -0.188. The second-order valence-corrected chi connectivity index (χ2v) is 5.58. The van der Waals surface area contributed by atoms with Gasteiger partial charge in [0.2, 0.25) is 5.91 Å². The number of aromatic amines is 1. The van der Waals surface area contributed by atoms with Crippen LogP contribution in [0.5, 0.6) is 0 Å².